The summed E-state index contributed by atoms with van der Waals surface area (Å²) >= 11 is 0. The highest BCUT2D eigenvalue weighted by atomic mass is 16.5. The van der Waals surface area contributed by atoms with Gasteiger partial charge in [0.25, 0.3) is 5.91 Å². The molecule has 0 spiro atoms. The minimum Gasteiger partial charge on any atom is -0.491 e. The number of rotatable bonds is 11. The summed E-state index contributed by atoms with van der Waals surface area (Å²) in [5.74, 6) is 0.281. The van der Waals surface area contributed by atoms with Gasteiger partial charge in [0.1, 0.15) is 18.6 Å². The quantitative estimate of drug-likeness (QED) is 0.426. The Bertz CT molecular complexity index is 650. The molecule has 1 aromatic carbocycles. The van der Waals surface area contributed by atoms with Gasteiger partial charge in [-0.3, -0.25) is 9.59 Å². The van der Waals surface area contributed by atoms with Crippen LogP contribution in [-0.2, 0) is 20.9 Å². The molecule has 1 atom stereocenters. The van der Waals surface area contributed by atoms with E-state index >= 15 is 0 Å². The van der Waals surface area contributed by atoms with E-state index in [1.54, 1.807) is 18.2 Å². The lowest BCUT2D eigenvalue weighted by atomic mass is 10.1. The molecule has 1 aliphatic heterocycles. The molecule has 0 radical (unpaired) electrons. The van der Waals surface area contributed by atoms with Crippen molar-refractivity contribution < 1.29 is 23.9 Å². The van der Waals surface area contributed by atoms with Crippen molar-refractivity contribution in [2.45, 2.75) is 25.4 Å². The van der Waals surface area contributed by atoms with Crippen molar-refractivity contribution in [1.82, 2.24) is 10.2 Å². The Morgan fingerprint density at radius 2 is 2.19 bits per heavy atom. The van der Waals surface area contributed by atoms with E-state index < -0.39 is 6.04 Å². The SMILES string of the molecule is CNC(=O)CC[C@@H](C=O)N1Cc2cc(OCCOCCN)ccc2C1=O. The van der Waals surface area contributed by atoms with Gasteiger partial charge in [0.05, 0.1) is 19.3 Å². The highest BCUT2D eigenvalue weighted by Crippen LogP contribution is 2.28. The maximum Gasteiger partial charge on any atom is 0.255 e. The molecule has 142 valence electrons. The first-order valence-electron chi connectivity index (χ1n) is 8.61. The summed E-state index contributed by atoms with van der Waals surface area (Å²) in [4.78, 5) is 36.8. The second kappa shape index (κ2) is 9.88. The molecule has 0 saturated carbocycles. The number of benzene rings is 1. The van der Waals surface area contributed by atoms with Crippen LogP contribution in [0, 0.1) is 0 Å². The molecule has 0 fully saturated rings. The lowest BCUT2D eigenvalue weighted by molar-refractivity contribution is -0.121. The minimum absolute atomic E-state index is 0.159. The van der Waals surface area contributed by atoms with Crippen LogP contribution in [0.3, 0.4) is 0 Å². The molecule has 2 rings (SSSR count). The Morgan fingerprint density at radius 1 is 1.38 bits per heavy atom. The topological polar surface area (TPSA) is 111 Å². The van der Waals surface area contributed by atoms with E-state index in [0.717, 1.165) is 11.8 Å². The summed E-state index contributed by atoms with van der Waals surface area (Å²) in [6, 6.07) is 4.61. The normalized spacial score (nSPS) is 14.1. The van der Waals surface area contributed by atoms with Crippen molar-refractivity contribution in [1.29, 1.82) is 0 Å². The second-order valence-electron chi connectivity index (χ2n) is 5.92. The van der Waals surface area contributed by atoms with E-state index in [1.165, 1.54) is 11.9 Å². The number of hydrogen-bond acceptors (Lipinski definition) is 6. The number of nitrogens with zero attached hydrogens (tertiary/aromatic N) is 1. The third kappa shape index (κ3) is 5.03. The van der Waals surface area contributed by atoms with Crippen LogP contribution < -0.4 is 15.8 Å². The summed E-state index contributed by atoms with van der Waals surface area (Å²) in [6.07, 6.45) is 1.21. The van der Waals surface area contributed by atoms with E-state index in [4.69, 9.17) is 15.2 Å². The summed E-state index contributed by atoms with van der Waals surface area (Å²) in [6.45, 7) is 2.10. The fraction of sp³-hybridized carbons (Fsp3) is 0.500. The maximum atomic E-state index is 12.5. The molecule has 8 heteroatoms. The van der Waals surface area contributed by atoms with Crippen molar-refractivity contribution in [2.24, 2.45) is 5.73 Å². The van der Waals surface area contributed by atoms with Crippen LogP contribution in [0.1, 0.15) is 28.8 Å². The van der Waals surface area contributed by atoms with E-state index in [-0.39, 0.29) is 18.2 Å². The van der Waals surface area contributed by atoms with Crippen molar-refractivity contribution in [3.63, 3.8) is 0 Å². The molecule has 0 aliphatic carbocycles. The number of nitrogens with two attached hydrogens (primary N) is 1. The lowest BCUT2D eigenvalue weighted by Gasteiger charge is -2.22. The molecule has 1 aliphatic rings. The van der Waals surface area contributed by atoms with Crippen molar-refractivity contribution >= 4 is 18.1 Å². The smallest absolute Gasteiger partial charge is 0.255 e. The summed E-state index contributed by atoms with van der Waals surface area (Å²) in [5, 5.41) is 2.51. The Balaban J connectivity index is 1.96. The molecule has 26 heavy (non-hydrogen) atoms. The van der Waals surface area contributed by atoms with Crippen LogP contribution in [0.25, 0.3) is 0 Å². The molecule has 1 aromatic rings. The van der Waals surface area contributed by atoms with Crippen molar-refractivity contribution in [2.75, 3.05) is 33.4 Å². The first kappa shape index (κ1) is 19.9. The predicted octanol–water partition coefficient (Wildman–Crippen LogP) is 0.0902. The molecular weight excluding hydrogens is 338 g/mol. The maximum absolute atomic E-state index is 12.5. The second-order valence-corrected chi connectivity index (χ2v) is 5.92. The van der Waals surface area contributed by atoms with Gasteiger partial charge in [-0.05, 0) is 30.2 Å². The molecular formula is C18H25N3O5. The zero-order chi connectivity index (χ0) is 18.9. The molecule has 0 bridgehead atoms. The van der Waals surface area contributed by atoms with Gasteiger partial charge in [-0.2, -0.15) is 0 Å². The molecule has 1 heterocycles. The first-order valence-corrected chi connectivity index (χ1v) is 8.61. The number of aldehydes is 1. The zero-order valence-electron chi connectivity index (χ0n) is 14.9. The Morgan fingerprint density at radius 3 is 2.88 bits per heavy atom. The highest BCUT2D eigenvalue weighted by Gasteiger charge is 2.32. The standard InChI is InChI=1S/C18H25N3O5/c1-20-17(23)5-2-14(12-22)21-11-13-10-15(3-4-16(13)18(21)24)26-9-8-25-7-6-19/h3-4,10,12,14H,2,5-9,11,19H2,1H3,(H,20,23)/t14-/m0/s1. The number of fused-ring (bicyclic) bond motifs is 1. The minimum atomic E-state index is -0.624. The predicted molar refractivity (Wildman–Crippen MR) is 94.8 cm³/mol. The van der Waals surface area contributed by atoms with Crippen LogP contribution in [0.2, 0.25) is 0 Å². The van der Waals surface area contributed by atoms with Gasteiger partial charge < -0.3 is 30.2 Å². The number of amides is 2. The average Bonchev–Trinajstić information content (AvgIpc) is 2.98. The number of carbonyl (C=O) groups is 3. The molecule has 0 aromatic heterocycles. The Labute approximate surface area is 152 Å². The van der Waals surface area contributed by atoms with Crippen LogP contribution in [0.15, 0.2) is 18.2 Å². The van der Waals surface area contributed by atoms with Crippen molar-refractivity contribution in [3.05, 3.63) is 29.3 Å². The highest BCUT2D eigenvalue weighted by molar-refractivity contribution is 5.99. The summed E-state index contributed by atoms with van der Waals surface area (Å²) < 4.78 is 10.9. The van der Waals surface area contributed by atoms with Gasteiger partial charge in [-0.15, -0.1) is 0 Å². The largest absolute Gasteiger partial charge is 0.491 e. The molecule has 0 unspecified atom stereocenters. The van der Waals surface area contributed by atoms with E-state index in [2.05, 4.69) is 5.32 Å². The van der Waals surface area contributed by atoms with Crippen LogP contribution in [-0.4, -0.2) is 62.5 Å². The summed E-state index contributed by atoms with van der Waals surface area (Å²) in [7, 11) is 1.54. The Hall–Kier alpha value is -2.45. The summed E-state index contributed by atoms with van der Waals surface area (Å²) in [5.41, 5.74) is 6.71. The zero-order valence-corrected chi connectivity index (χ0v) is 14.9. The molecule has 3 N–H and O–H groups in total. The number of nitrogens with one attached hydrogen (secondary N) is 1. The van der Waals surface area contributed by atoms with Crippen LogP contribution in [0.5, 0.6) is 5.75 Å². The molecule has 0 saturated heterocycles. The van der Waals surface area contributed by atoms with Gasteiger partial charge >= 0.3 is 0 Å². The Kier molecular flexibility index (Phi) is 7.55. The molecule has 2 amide bonds. The number of carbonyl (C=O) groups excluding carboxylic acids is 3. The third-order valence-corrected chi connectivity index (χ3v) is 4.17. The fourth-order valence-electron chi connectivity index (χ4n) is 2.78. The van der Waals surface area contributed by atoms with Crippen LogP contribution in [0.4, 0.5) is 0 Å². The lowest BCUT2D eigenvalue weighted by Crippen LogP contribution is -2.37. The van der Waals surface area contributed by atoms with Gasteiger partial charge in [-0.25, -0.2) is 0 Å². The third-order valence-electron chi connectivity index (χ3n) is 4.17. The fourth-order valence-corrected chi connectivity index (χ4v) is 2.78. The van der Waals surface area contributed by atoms with Crippen molar-refractivity contribution in [3.8, 4) is 5.75 Å². The van der Waals surface area contributed by atoms with Crippen LogP contribution >= 0.6 is 0 Å². The number of ether oxygens (including phenoxy) is 2. The van der Waals surface area contributed by atoms with Gasteiger partial charge in [0, 0.05) is 32.1 Å². The average molecular weight is 363 g/mol. The van der Waals surface area contributed by atoms with Gasteiger partial charge in [0.2, 0.25) is 5.91 Å². The monoisotopic (exact) mass is 363 g/mol. The number of hydrogen-bond donors (Lipinski definition) is 2. The molecule has 8 nitrogen and oxygen atoms in total. The first-order chi connectivity index (χ1) is 12.6. The van der Waals surface area contributed by atoms with E-state index in [1.807, 2.05) is 0 Å². The van der Waals surface area contributed by atoms with E-state index in [9.17, 15) is 14.4 Å². The van der Waals surface area contributed by atoms with Gasteiger partial charge in [-0.1, -0.05) is 0 Å². The van der Waals surface area contributed by atoms with Gasteiger partial charge in [0.15, 0.2) is 0 Å². The van der Waals surface area contributed by atoms with E-state index in [0.29, 0.717) is 50.6 Å².